The first kappa shape index (κ1) is 22.3. The fourth-order valence-corrected chi connectivity index (χ4v) is 12.3. The normalized spacial score (nSPS) is 11.3. The summed E-state index contributed by atoms with van der Waals surface area (Å²) in [5.41, 5.74) is 5.19. The van der Waals surface area contributed by atoms with E-state index in [2.05, 4.69) is 24.8 Å². The minimum absolute atomic E-state index is 0.271. The van der Waals surface area contributed by atoms with Gasteiger partial charge in [0.15, 0.2) is 0 Å². The van der Waals surface area contributed by atoms with E-state index in [1.165, 1.54) is 22.7 Å². The zero-order chi connectivity index (χ0) is 19.5. The van der Waals surface area contributed by atoms with Crippen LogP contribution in [0.3, 0.4) is 0 Å². The van der Waals surface area contributed by atoms with Crippen LogP contribution in [0.5, 0.6) is 0 Å². The Morgan fingerprint density at radius 3 is 1.67 bits per heavy atom. The van der Waals surface area contributed by atoms with Gasteiger partial charge in [-0.05, 0) is 0 Å². The molecule has 148 valence electrons. The Balaban J connectivity index is 2.06. The molecule has 6 nitrogen and oxygen atoms in total. The number of carbonyl (C=O) groups excluding carboxylic acids is 2. The van der Waals surface area contributed by atoms with E-state index >= 15 is 0 Å². The van der Waals surface area contributed by atoms with E-state index in [4.69, 9.17) is 6.35 Å². The Morgan fingerprint density at radius 1 is 0.889 bits per heavy atom. The van der Waals surface area contributed by atoms with Gasteiger partial charge in [0.05, 0.1) is 0 Å². The molecule has 2 N–H and O–H groups in total. The molecule has 0 fully saturated rings. The third kappa shape index (κ3) is 7.19. The maximum atomic E-state index is 12.3. The molecule has 0 radical (unpaired) electrons. The van der Waals surface area contributed by atoms with Gasteiger partial charge in [-0.1, -0.05) is 0 Å². The molecule has 0 saturated heterocycles. The van der Waals surface area contributed by atoms with Crippen molar-refractivity contribution in [2.24, 2.45) is 0 Å². The summed E-state index contributed by atoms with van der Waals surface area (Å²) in [5, 5.41) is 3.69. The van der Waals surface area contributed by atoms with Crippen LogP contribution in [0.15, 0.2) is 35.0 Å². The summed E-state index contributed by atoms with van der Waals surface area (Å²) in [6, 6.07) is 7.14. The van der Waals surface area contributed by atoms with Gasteiger partial charge >= 0.3 is 174 Å². The number of unbranched alkanes of at least 4 members (excludes halogenated alkanes) is 2. The second-order valence-corrected chi connectivity index (χ2v) is 17.3. The monoisotopic (exact) mass is 518 g/mol. The molecule has 27 heavy (non-hydrogen) atoms. The van der Waals surface area contributed by atoms with Gasteiger partial charge < -0.3 is 0 Å². The Labute approximate surface area is 173 Å². The van der Waals surface area contributed by atoms with Crippen molar-refractivity contribution in [2.45, 2.75) is 48.4 Å². The van der Waals surface area contributed by atoms with Gasteiger partial charge in [0.2, 0.25) is 0 Å². The van der Waals surface area contributed by atoms with Gasteiger partial charge in [0.1, 0.15) is 0 Å². The summed E-state index contributed by atoms with van der Waals surface area (Å²) >= 11 is -1.02. The molecule has 0 spiro atoms. The van der Waals surface area contributed by atoms with Crippen LogP contribution in [0, 0.1) is 0 Å². The van der Waals surface area contributed by atoms with Crippen molar-refractivity contribution < 1.29 is 15.9 Å². The van der Waals surface area contributed by atoms with Crippen molar-refractivity contribution >= 4 is 53.7 Å². The summed E-state index contributed by atoms with van der Waals surface area (Å²) in [5.74, 6) is -0.542. The molecule has 0 aliphatic rings. The number of amides is 2. The molecule has 0 aliphatic heterocycles. The molecule has 2 heterocycles. The average molecular weight is 517 g/mol. The average Bonchev–Trinajstić information content (AvgIpc) is 3.40. The molecular weight excluding hydrogens is 491 g/mol. The van der Waals surface area contributed by atoms with E-state index < -0.39 is 19.2 Å². The van der Waals surface area contributed by atoms with Crippen molar-refractivity contribution in [3.05, 3.63) is 44.8 Å². The van der Waals surface area contributed by atoms with Crippen molar-refractivity contribution in [1.29, 1.82) is 0 Å². The summed E-state index contributed by atoms with van der Waals surface area (Å²) in [6.45, 7) is 4.20. The van der Waals surface area contributed by atoms with E-state index in [9.17, 15) is 9.59 Å². The first-order valence-electron chi connectivity index (χ1n) is 9.14. The summed E-state index contributed by atoms with van der Waals surface area (Å²) in [6.07, 6.45) is 3.86. The van der Waals surface area contributed by atoms with E-state index in [1.54, 1.807) is 12.1 Å². The molecule has 2 rings (SSSR count). The van der Waals surface area contributed by atoms with Gasteiger partial charge in [-0.3, -0.25) is 0 Å². The number of hydrogen-bond acceptors (Lipinski definition) is 6. The van der Waals surface area contributed by atoms with Crippen molar-refractivity contribution in [2.75, 3.05) is 0 Å². The van der Waals surface area contributed by atoms with Gasteiger partial charge in [0, 0.05) is 0 Å². The predicted molar refractivity (Wildman–Crippen MR) is 111 cm³/mol. The summed E-state index contributed by atoms with van der Waals surface area (Å²) in [7, 11) is 0. The quantitative estimate of drug-likeness (QED) is 0.311. The van der Waals surface area contributed by atoms with E-state index in [0.29, 0.717) is 9.75 Å². The molecule has 2 amide bonds. The predicted octanol–water partition coefficient (Wildman–Crippen LogP) is 4.88. The van der Waals surface area contributed by atoms with Crippen LogP contribution in [0.2, 0.25) is 8.87 Å². The Morgan fingerprint density at radius 2 is 1.33 bits per heavy atom. The minimum atomic E-state index is -3.73. The van der Waals surface area contributed by atoms with E-state index in [0.717, 1.165) is 34.6 Å². The zero-order valence-corrected chi connectivity index (χ0v) is 20.1. The zero-order valence-electron chi connectivity index (χ0n) is 15.7. The number of hydrogen-bond donors (Lipinski definition) is 2. The second kappa shape index (κ2) is 11.8. The van der Waals surface area contributed by atoms with Crippen LogP contribution in [0.25, 0.3) is 0 Å². The van der Waals surface area contributed by atoms with Crippen LogP contribution in [-0.4, -0.2) is 31.0 Å². The van der Waals surface area contributed by atoms with Crippen molar-refractivity contribution in [1.82, 2.24) is 11.0 Å². The number of thiophene rings is 2. The van der Waals surface area contributed by atoms with E-state index in [-0.39, 0.29) is 11.8 Å². The molecule has 0 atom stereocenters. The number of nitrogens with one attached hydrogen (secondary N) is 2. The SMILES string of the molecule is CCC[CH2][Sn]([CH2]CCC)([O]NC(=O)c1cccs1)[O]NC(=O)c1cccs1. The standard InChI is InChI=1S/2C5H4NO2S.2C4H9.Sn/c2*7-5(6-8)4-2-1-3-9-4;2*1-3-4-2;/h2*1-3H,(H-,6,7,8);2*1,3-4H2,2H3;/q2*-1;;;+2. The molecule has 0 aromatic carbocycles. The Hall–Kier alpha value is -0.941. The molecule has 0 bridgehead atoms. The molecule has 0 saturated carbocycles. The van der Waals surface area contributed by atoms with Gasteiger partial charge in [-0.25, -0.2) is 0 Å². The second-order valence-electron chi connectivity index (χ2n) is 6.14. The maximum absolute atomic E-state index is 12.3. The number of hydroxylamine groups is 2. The third-order valence-corrected chi connectivity index (χ3v) is 14.8. The molecule has 2 aromatic rings. The molecular formula is C18H26N2O4S2Sn. The van der Waals surface area contributed by atoms with Crippen LogP contribution in [0.4, 0.5) is 0 Å². The summed E-state index contributed by atoms with van der Waals surface area (Å²) in [4.78, 5) is 25.8. The topological polar surface area (TPSA) is 76.7 Å². The molecule has 9 heteroatoms. The van der Waals surface area contributed by atoms with Gasteiger partial charge in [-0.15, -0.1) is 0 Å². The number of rotatable bonds is 12. The third-order valence-electron chi connectivity index (χ3n) is 3.97. The van der Waals surface area contributed by atoms with Crippen LogP contribution >= 0.6 is 22.7 Å². The van der Waals surface area contributed by atoms with Gasteiger partial charge in [-0.2, -0.15) is 0 Å². The van der Waals surface area contributed by atoms with Crippen molar-refractivity contribution in [3.63, 3.8) is 0 Å². The fourth-order valence-electron chi connectivity index (χ4n) is 2.44. The van der Waals surface area contributed by atoms with Gasteiger partial charge in [0.25, 0.3) is 0 Å². The van der Waals surface area contributed by atoms with Crippen molar-refractivity contribution in [3.8, 4) is 0 Å². The van der Waals surface area contributed by atoms with Crippen LogP contribution in [-0.2, 0) is 6.35 Å². The van der Waals surface area contributed by atoms with E-state index in [1.807, 2.05) is 22.9 Å². The first-order chi connectivity index (χ1) is 13.1. The fraction of sp³-hybridized carbons (Fsp3) is 0.444. The first-order valence-corrected chi connectivity index (χ1v) is 17.3. The Kier molecular flexibility index (Phi) is 9.77. The molecule has 0 unspecified atom stereocenters. The molecule has 0 aliphatic carbocycles. The van der Waals surface area contributed by atoms with Crippen LogP contribution in [0.1, 0.15) is 58.9 Å². The van der Waals surface area contributed by atoms with Crippen LogP contribution < -0.4 is 11.0 Å². The molecule has 2 aromatic heterocycles. The Bertz CT molecular complexity index is 632. The number of carbonyl (C=O) groups is 2. The summed E-state index contributed by atoms with van der Waals surface area (Å²) < 4.78 is 13.5.